The minimum Gasteiger partial charge on any atom is -0.278 e. The molecule has 0 saturated heterocycles. The lowest BCUT2D eigenvalue weighted by molar-refractivity contribution is 0.996. The SMILES string of the molecule is c1ccc(-c2ccc3c(c2)C2C4c5c-3cc3c(c5-c5ccccc5[C@@H]24)c2ccccc2n3-c2nc(-c3ccccc3)c3sc4ccccc4c3n2)cc1. The fraction of sp³-hybridized carbons (Fsp3) is 0.0612. The number of rotatable bonds is 3. The van der Waals surface area contributed by atoms with E-state index in [2.05, 4.69) is 162 Å². The number of hydrogen-bond acceptors (Lipinski definition) is 3. The fourth-order valence-corrected chi connectivity index (χ4v) is 11.2. The zero-order valence-electron chi connectivity index (χ0n) is 28.5. The second-order valence-electron chi connectivity index (χ2n) is 14.8. The molecule has 3 nitrogen and oxygen atoms in total. The highest BCUT2D eigenvalue weighted by molar-refractivity contribution is 7.26. The first-order valence-electron chi connectivity index (χ1n) is 18.5. The van der Waals surface area contributed by atoms with E-state index >= 15 is 0 Å². The highest BCUT2D eigenvalue weighted by Crippen LogP contribution is 2.76. The number of benzene rings is 7. The summed E-state index contributed by atoms with van der Waals surface area (Å²) >= 11 is 1.78. The Balaban J connectivity index is 1.17. The van der Waals surface area contributed by atoms with Gasteiger partial charge in [0, 0.05) is 32.3 Å². The lowest BCUT2D eigenvalue weighted by atomic mass is 9.77. The third-order valence-corrected chi connectivity index (χ3v) is 13.4. The summed E-state index contributed by atoms with van der Waals surface area (Å²) in [6.45, 7) is 0. The average Bonchev–Trinajstić information content (AvgIpc) is 3.75. The Labute approximate surface area is 309 Å². The van der Waals surface area contributed by atoms with E-state index in [1.807, 2.05) is 0 Å². The zero-order valence-corrected chi connectivity index (χ0v) is 29.3. The van der Waals surface area contributed by atoms with Gasteiger partial charge < -0.3 is 0 Å². The summed E-state index contributed by atoms with van der Waals surface area (Å²) in [4.78, 5) is 11.0. The molecule has 0 aliphatic heterocycles. The predicted molar refractivity (Wildman–Crippen MR) is 219 cm³/mol. The molecule has 1 fully saturated rings. The van der Waals surface area contributed by atoms with Crippen molar-refractivity contribution < 1.29 is 0 Å². The molecule has 246 valence electrons. The highest BCUT2D eigenvalue weighted by atomic mass is 32.1. The molecule has 0 spiro atoms. The van der Waals surface area contributed by atoms with Crippen LogP contribution in [0, 0.1) is 0 Å². The first kappa shape index (κ1) is 28.3. The first-order valence-corrected chi connectivity index (χ1v) is 19.3. The Bertz CT molecular complexity index is 3190. The monoisotopic (exact) mass is 691 g/mol. The molecule has 3 aromatic heterocycles. The third kappa shape index (κ3) is 3.68. The van der Waals surface area contributed by atoms with Crippen molar-refractivity contribution >= 4 is 53.4 Å². The molecule has 53 heavy (non-hydrogen) atoms. The van der Waals surface area contributed by atoms with Crippen molar-refractivity contribution in [3.05, 3.63) is 174 Å². The van der Waals surface area contributed by atoms with Crippen molar-refractivity contribution in [2.45, 2.75) is 17.8 Å². The minimum absolute atomic E-state index is 0.481. The maximum Gasteiger partial charge on any atom is 0.235 e. The molecule has 4 heteroatoms. The van der Waals surface area contributed by atoms with E-state index in [9.17, 15) is 0 Å². The largest absolute Gasteiger partial charge is 0.278 e. The quantitative estimate of drug-likeness (QED) is 0.185. The molecule has 13 rings (SSSR count). The lowest BCUT2D eigenvalue weighted by Crippen LogP contribution is -2.06. The molecule has 3 atom stereocenters. The molecule has 10 aromatic rings. The topological polar surface area (TPSA) is 30.7 Å². The molecular formula is C49H29N3S. The van der Waals surface area contributed by atoms with Gasteiger partial charge in [-0.3, -0.25) is 4.57 Å². The molecule has 0 N–H and O–H groups in total. The number of fused-ring (bicyclic) bond motifs is 14. The molecule has 3 aliphatic carbocycles. The maximum atomic E-state index is 5.51. The van der Waals surface area contributed by atoms with E-state index in [1.165, 1.54) is 70.9 Å². The van der Waals surface area contributed by atoms with Crippen LogP contribution in [0.5, 0.6) is 0 Å². The maximum absolute atomic E-state index is 5.51. The van der Waals surface area contributed by atoms with Crippen molar-refractivity contribution in [3.63, 3.8) is 0 Å². The van der Waals surface area contributed by atoms with Crippen LogP contribution < -0.4 is 0 Å². The van der Waals surface area contributed by atoms with Crippen molar-refractivity contribution in [2.24, 2.45) is 0 Å². The van der Waals surface area contributed by atoms with Gasteiger partial charge in [0.15, 0.2) is 0 Å². The number of hydrogen-bond donors (Lipinski definition) is 0. The molecule has 0 bridgehead atoms. The zero-order chi connectivity index (χ0) is 34.4. The van der Waals surface area contributed by atoms with Gasteiger partial charge in [0.05, 0.1) is 26.9 Å². The van der Waals surface area contributed by atoms with Crippen LogP contribution in [0.4, 0.5) is 0 Å². The number of nitrogens with zero attached hydrogens (tertiary/aromatic N) is 3. The smallest absolute Gasteiger partial charge is 0.235 e. The molecule has 7 aromatic carbocycles. The average molecular weight is 692 g/mol. The predicted octanol–water partition coefficient (Wildman–Crippen LogP) is 12.9. The molecular weight excluding hydrogens is 663 g/mol. The van der Waals surface area contributed by atoms with Gasteiger partial charge in [0.1, 0.15) is 0 Å². The number of para-hydroxylation sites is 1. The van der Waals surface area contributed by atoms with E-state index in [0.29, 0.717) is 23.7 Å². The number of thiophene rings is 1. The second-order valence-corrected chi connectivity index (χ2v) is 15.9. The van der Waals surface area contributed by atoms with Crippen molar-refractivity contribution in [2.75, 3.05) is 0 Å². The minimum atomic E-state index is 0.481. The standard InChI is InChI=1S/C49H29N3S/c1-3-13-27(14-4-1)29-23-24-30-35(25-29)43-42-32-18-8-7-17-31(32)41-40-33-19-9-11-21-37(33)52(38(40)26-36(30)44(41)45(42)43)49-50-46(28-15-5-2-6-16-28)48-47(51-49)34-20-10-12-22-39(34)53-48/h1-26,42-43,45H/t42-,43?,45?/m0/s1. The van der Waals surface area contributed by atoms with E-state index in [-0.39, 0.29) is 0 Å². The van der Waals surface area contributed by atoms with Crippen LogP contribution in [0.2, 0.25) is 0 Å². The molecule has 0 radical (unpaired) electrons. The summed E-state index contributed by atoms with van der Waals surface area (Å²) in [5, 5.41) is 3.72. The van der Waals surface area contributed by atoms with Gasteiger partial charge in [0.25, 0.3) is 0 Å². The van der Waals surface area contributed by atoms with Crippen LogP contribution in [0.3, 0.4) is 0 Å². The summed E-state index contributed by atoms with van der Waals surface area (Å²) in [7, 11) is 0. The molecule has 3 heterocycles. The van der Waals surface area contributed by atoms with Gasteiger partial charge in [-0.25, -0.2) is 9.97 Å². The fourth-order valence-electron chi connectivity index (χ4n) is 10.0. The van der Waals surface area contributed by atoms with Gasteiger partial charge in [-0.1, -0.05) is 140 Å². The summed E-state index contributed by atoms with van der Waals surface area (Å²) in [6, 6.07) is 57.9. The Hall–Kier alpha value is -6.36. The van der Waals surface area contributed by atoms with Gasteiger partial charge >= 0.3 is 0 Å². The summed E-state index contributed by atoms with van der Waals surface area (Å²) in [5.74, 6) is 2.18. The van der Waals surface area contributed by atoms with E-state index in [4.69, 9.17) is 9.97 Å². The Kier molecular flexibility index (Phi) is 5.41. The highest BCUT2D eigenvalue weighted by Gasteiger charge is 2.60. The van der Waals surface area contributed by atoms with Gasteiger partial charge in [-0.15, -0.1) is 11.3 Å². The van der Waals surface area contributed by atoms with E-state index < -0.39 is 0 Å². The first-order chi connectivity index (χ1) is 26.3. The Morgan fingerprint density at radius 1 is 0.491 bits per heavy atom. The molecule has 2 unspecified atom stereocenters. The van der Waals surface area contributed by atoms with Crippen molar-refractivity contribution in [1.29, 1.82) is 0 Å². The van der Waals surface area contributed by atoms with Gasteiger partial charge in [-0.2, -0.15) is 0 Å². The number of aromatic nitrogens is 3. The van der Waals surface area contributed by atoms with Crippen LogP contribution in [-0.2, 0) is 0 Å². The molecule has 3 aliphatic rings. The molecule has 1 saturated carbocycles. The summed E-state index contributed by atoms with van der Waals surface area (Å²) in [6.07, 6.45) is 0. The second kappa shape index (κ2) is 10.2. The Morgan fingerprint density at radius 2 is 1.21 bits per heavy atom. The normalized spacial score (nSPS) is 17.6. The van der Waals surface area contributed by atoms with Gasteiger partial charge in [-0.05, 0) is 80.1 Å². The van der Waals surface area contributed by atoms with Crippen molar-refractivity contribution in [1.82, 2.24) is 14.5 Å². The van der Waals surface area contributed by atoms with E-state index in [1.54, 1.807) is 11.3 Å². The van der Waals surface area contributed by atoms with Crippen LogP contribution in [0.25, 0.3) is 92.7 Å². The lowest BCUT2D eigenvalue weighted by Gasteiger charge is -2.26. The van der Waals surface area contributed by atoms with Gasteiger partial charge in [0.2, 0.25) is 5.95 Å². The van der Waals surface area contributed by atoms with Crippen LogP contribution >= 0.6 is 11.3 Å². The summed E-state index contributed by atoms with van der Waals surface area (Å²) < 4.78 is 4.70. The van der Waals surface area contributed by atoms with Crippen LogP contribution in [0.15, 0.2) is 158 Å². The molecule has 0 amide bonds. The van der Waals surface area contributed by atoms with Crippen molar-refractivity contribution in [3.8, 4) is 50.6 Å². The Morgan fingerprint density at radius 3 is 2.08 bits per heavy atom. The van der Waals surface area contributed by atoms with Crippen LogP contribution in [0.1, 0.15) is 34.4 Å². The summed E-state index contributed by atoms with van der Waals surface area (Å²) in [5.41, 5.74) is 17.9. The third-order valence-electron chi connectivity index (χ3n) is 12.2. The van der Waals surface area contributed by atoms with Crippen LogP contribution in [-0.4, -0.2) is 14.5 Å². The van der Waals surface area contributed by atoms with E-state index in [0.717, 1.165) is 32.5 Å².